The maximum atomic E-state index is 12.4. The van der Waals surface area contributed by atoms with Gasteiger partial charge in [0.25, 0.3) is 5.91 Å². The molecule has 0 saturated carbocycles. The highest BCUT2D eigenvalue weighted by molar-refractivity contribution is 5.96. The first kappa shape index (κ1) is 12.7. The third kappa shape index (κ3) is 2.39. The second-order valence-electron chi connectivity index (χ2n) is 4.85. The number of carbonyl (C=O) groups is 2. The number of carbonyl (C=O) groups excluding carboxylic acids is 2. The highest BCUT2D eigenvalue weighted by Gasteiger charge is 2.28. The highest BCUT2D eigenvalue weighted by Crippen LogP contribution is 2.16. The second-order valence-corrected chi connectivity index (χ2v) is 4.85. The van der Waals surface area contributed by atoms with E-state index in [4.69, 9.17) is 0 Å². The van der Waals surface area contributed by atoms with E-state index in [1.165, 1.54) is 0 Å². The maximum absolute atomic E-state index is 12.4. The van der Waals surface area contributed by atoms with E-state index in [-0.39, 0.29) is 17.6 Å². The zero-order chi connectivity index (χ0) is 13.3. The number of Topliss-reactive ketones (excluding diaryl/α,β-unsaturated/α-hetero) is 1. The summed E-state index contributed by atoms with van der Waals surface area (Å²) in [5, 5.41) is 7.88. The van der Waals surface area contributed by atoms with Gasteiger partial charge < -0.3 is 4.90 Å². The molecular weight excluding hydrogens is 230 g/mol. The van der Waals surface area contributed by atoms with Crippen LogP contribution in [-0.2, 0) is 4.79 Å². The number of nitrogens with zero attached hydrogens (tertiary/aromatic N) is 3. The van der Waals surface area contributed by atoms with Gasteiger partial charge in [0, 0.05) is 25.4 Å². The lowest BCUT2D eigenvalue weighted by Gasteiger charge is -2.30. The van der Waals surface area contributed by atoms with Crippen molar-refractivity contribution < 1.29 is 9.59 Å². The third-order valence-electron chi connectivity index (χ3n) is 3.29. The predicted molar refractivity (Wildman–Crippen MR) is 66.2 cm³/mol. The van der Waals surface area contributed by atoms with Crippen molar-refractivity contribution in [2.45, 2.75) is 27.2 Å². The van der Waals surface area contributed by atoms with E-state index in [1.54, 1.807) is 17.9 Å². The summed E-state index contributed by atoms with van der Waals surface area (Å²) in [4.78, 5) is 25.6. The fourth-order valence-electron chi connectivity index (χ4n) is 2.14. The van der Waals surface area contributed by atoms with Crippen LogP contribution in [0.5, 0.6) is 0 Å². The first-order valence-electron chi connectivity index (χ1n) is 6.12. The molecule has 96 valence electrons. The van der Waals surface area contributed by atoms with Crippen molar-refractivity contribution in [3.8, 4) is 0 Å². The van der Waals surface area contributed by atoms with Gasteiger partial charge in [0.1, 0.15) is 5.78 Å². The summed E-state index contributed by atoms with van der Waals surface area (Å²) in [5.41, 5.74) is 1.95. The third-order valence-corrected chi connectivity index (χ3v) is 3.29. The number of hydrogen-bond donors (Lipinski definition) is 0. The number of hydrogen-bond acceptors (Lipinski definition) is 4. The second kappa shape index (κ2) is 4.84. The van der Waals surface area contributed by atoms with Gasteiger partial charge in [-0.3, -0.25) is 9.59 Å². The van der Waals surface area contributed by atoms with E-state index in [9.17, 15) is 9.59 Å². The summed E-state index contributed by atoms with van der Waals surface area (Å²) in [7, 11) is 0. The van der Waals surface area contributed by atoms with E-state index in [0.717, 1.165) is 5.69 Å². The van der Waals surface area contributed by atoms with Crippen LogP contribution in [0.3, 0.4) is 0 Å². The molecule has 5 nitrogen and oxygen atoms in total. The molecule has 1 aromatic heterocycles. The Labute approximate surface area is 106 Å². The van der Waals surface area contributed by atoms with Crippen LogP contribution in [0.15, 0.2) is 6.07 Å². The van der Waals surface area contributed by atoms with Crippen molar-refractivity contribution in [1.82, 2.24) is 15.1 Å². The molecule has 1 aromatic rings. The molecule has 2 rings (SSSR count). The van der Waals surface area contributed by atoms with Crippen molar-refractivity contribution in [2.75, 3.05) is 13.1 Å². The monoisotopic (exact) mass is 247 g/mol. The highest BCUT2D eigenvalue weighted by atomic mass is 16.2. The number of aryl methyl sites for hydroxylation is 2. The molecule has 1 aliphatic heterocycles. The van der Waals surface area contributed by atoms with Gasteiger partial charge in [0.2, 0.25) is 0 Å². The van der Waals surface area contributed by atoms with Gasteiger partial charge in [-0.2, -0.15) is 10.2 Å². The normalized spacial score (nSPS) is 20.1. The van der Waals surface area contributed by atoms with Crippen LogP contribution in [0.25, 0.3) is 0 Å². The summed E-state index contributed by atoms with van der Waals surface area (Å²) in [6.45, 7) is 6.45. The molecule has 0 aromatic carbocycles. The number of piperidine rings is 1. The molecule has 0 N–H and O–H groups in total. The average Bonchev–Trinajstić information content (AvgIpc) is 2.35. The van der Waals surface area contributed by atoms with Crippen LogP contribution >= 0.6 is 0 Å². The quantitative estimate of drug-likeness (QED) is 0.746. The molecule has 2 heterocycles. The molecule has 5 heteroatoms. The van der Waals surface area contributed by atoms with Crippen LogP contribution in [0.2, 0.25) is 0 Å². The van der Waals surface area contributed by atoms with Gasteiger partial charge in [-0.25, -0.2) is 0 Å². The topological polar surface area (TPSA) is 63.2 Å². The Bertz CT molecular complexity index is 499. The largest absolute Gasteiger partial charge is 0.337 e. The summed E-state index contributed by atoms with van der Waals surface area (Å²) in [5.74, 6) is 0.114. The molecule has 0 radical (unpaired) electrons. The molecule has 18 heavy (non-hydrogen) atoms. The van der Waals surface area contributed by atoms with Crippen molar-refractivity contribution in [1.29, 1.82) is 0 Å². The molecule has 1 fully saturated rings. The van der Waals surface area contributed by atoms with E-state index >= 15 is 0 Å². The summed E-state index contributed by atoms with van der Waals surface area (Å²) >= 11 is 0. The maximum Gasteiger partial charge on any atom is 0.255 e. The van der Waals surface area contributed by atoms with Crippen LogP contribution in [0, 0.1) is 19.8 Å². The van der Waals surface area contributed by atoms with Crippen LogP contribution in [-0.4, -0.2) is 39.9 Å². The van der Waals surface area contributed by atoms with E-state index in [1.807, 2.05) is 13.8 Å². The number of likely N-dealkylation sites (tertiary alicyclic amines) is 1. The van der Waals surface area contributed by atoms with Crippen molar-refractivity contribution in [3.05, 3.63) is 23.0 Å². The fraction of sp³-hybridized carbons (Fsp3) is 0.538. The molecular formula is C13H17N3O2. The standard InChI is InChI=1S/C13H17N3O2/c1-8-7-16(5-4-12(8)17)13(18)11-6-9(2)14-15-10(11)3/h6,8H,4-5,7H2,1-3H3. The zero-order valence-corrected chi connectivity index (χ0v) is 10.9. The summed E-state index contributed by atoms with van der Waals surface area (Å²) < 4.78 is 0. The number of aromatic nitrogens is 2. The van der Waals surface area contributed by atoms with Gasteiger partial charge in [0.05, 0.1) is 17.0 Å². The molecule has 1 amide bonds. The smallest absolute Gasteiger partial charge is 0.255 e. The molecule has 1 saturated heterocycles. The lowest BCUT2D eigenvalue weighted by molar-refractivity contribution is -0.124. The van der Waals surface area contributed by atoms with Gasteiger partial charge >= 0.3 is 0 Å². The van der Waals surface area contributed by atoms with Gasteiger partial charge in [-0.1, -0.05) is 6.92 Å². The minimum absolute atomic E-state index is 0.0511. The predicted octanol–water partition coefficient (Wildman–Crippen LogP) is 1.14. The van der Waals surface area contributed by atoms with Gasteiger partial charge in [-0.05, 0) is 19.9 Å². The lowest BCUT2D eigenvalue weighted by Crippen LogP contribution is -2.43. The van der Waals surface area contributed by atoms with Gasteiger partial charge in [0.15, 0.2) is 0 Å². The Balaban J connectivity index is 2.21. The van der Waals surface area contributed by atoms with Gasteiger partial charge in [-0.15, -0.1) is 0 Å². The van der Waals surface area contributed by atoms with E-state index in [2.05, 4.69) is 10.2 Å². The first-order chi connectivity index (χ1) is 8.49. The summed E-state index contributed by atoms with van der Waals surface area (Å²) in [6.07, 6.45) is 0.448. The van der Waals surface area contributed by atoms with Crippen LogP contribution in [0.4, 0.5) is 0 Å². The molecule has 1 aliphatic rings. The molecule has 0 bridgehead atoms. The minimum Gasteiger partial charge on any atom is -0.337 e. The fourth-order valence-corrected chi connectivity index (χ4v) is 2.14. The Morgan fingerprint density at radius 2 is 2.11 bits per heavy atom. The molecule has 0 spiro atoms. The first-order valence-corrected chi connectivity index (χ1v) is 6.12. The van der Waals surface area contributed by atoms with E-state index in [0.29, 0.717) is 30.8 Å². The Hall–Kier alpha value is -1.78. The number of amides is 1. The Morgan fingerprint density at radius 1 is 1.39 bits per heavy atom. The van der Waals surface area contributed by atoms with E-state index < -0.39 is 0 Å². The average molecular weight is 247 g/mol. The number of ketones is 1. The summed E-state index contributed by atoms with van der Waals surface area (Å²) in [6, 6.07) is 1.76. The van der Waals surface area contributed by atoms with Crippen molar-refractivity contribution in [2.24, 2.45) is 5.92 Å². The Morgan fingerprint density at radius 3 is 2.78 bits per heavy atom. The van der Waals surface area contributed by atoms with Crippen molar-refractivity contribution >= 4 is 11.7 Å². The van der Waals surface area contributed by atoms with Crippen molar-refractivity contribution in [3.63, 3.8) is 0 Å². The molecule has 1 unspecified atom stereocenters. The molecule has 1 atom stereocenters. The lowest BCUT2D eigenvalue weighted by atomic mass is 9.98. The SMILES string of the molecule is Cc1cc(C(=O)N2CCC(=O)C(C)C2)c(C)nn1. The van der Waals surface area contributed by atoms with Crippen LogP contribution in [0.1, 0.15) is 35.1 Å². The molecule has 0 aliphatic carbocycles. The minimum atomic E-state index is -0.0705. The zero-order valence-electron chi connectivity index (χ0n) is 10.9. The number of rotatable bonds is 1. The Kier molecular flexibility index (Phi) is 3.41. The van der Waals surface area contributed by atoms with Crippen LogP contribution < -0.4 is 0 Å².